The van der Waals surface area contributed by atoms with Gasteiger partial charge in [0.15, 0.2) is 5.16 Å². The standard InChI is InChI=1S/C21H18N4OS/c1-2-12-25-20(26)18-5-3-4-6-19(18)23-21(25)27-14-16-7-9-17(10-8-16)24-13-11-22-15-24/h2-11,13,15H,1,12,14H2. The molecular weight excluding hydrogens is 356 g/mol. The van der Waals surface area contributed by atoms with Gasteiger partial charge in [-0.1, -0.05) is 42.1 Å². The minimum atomic E-state index is -0.0292. The van der Waals surface area contributed by atoms with Gasteiger partial charge in [-0.25, -0.2) is 9.97 Å². The van der Waals surface area contributed by atoms with Crippen molar-refractivity contribution in [1.29, 1.82) is 0 Å². The maximum absolute atomic E-state index is 12.8. The van der Waals surface area contributed by atoms with E-state index in [0.29, 0.717) is 17.1 Å². The first-order valence-corrected chi connectivity index (χ1v) is 9.55. The maximum Gasteiger partial charge on any atom is 0.262 e. The second kappa shape index (κ2) is 7.63. The first-order chi connectivity index (χ1) is 13.3. The summed E-state index contributed by atoms with van der Waals surface area (Å²) in [4.78, 5) is 21.5. The van der Waals surface area contributed by atoms with E-state index in [1.54, 1.807) is 34.9 Å². The minimum absolute atomic E-state index is 0.0292. The normalized spacial score (nSPS) is 11.0. The zero-order valence-corrected chi connectivity index (χ0v) is 15.5. The smallest absolute Gasteiger partial charge is 0.262 e. The van der Waals surface area contributed by atoms with Gasteiger partial charge in [0, 0.05) is 30.4 Å². The van der Waals surface area contributed by atoms with Gasteiger partial charge in [0.2, 0.25) is 0 Å². The molecule has 2 heterocycles. The second-order valence-corrected chi connectivity index (χ2v) is 6.98. The van der Waals surface area contributed by atoms with Crippen LogP contribution in [-0.2, 0) is 12.3 Å². The molecule has 6 heteroatoms. The maximum atomic E-state index is 12.8. The molecule has 2 aromatic carbocycles. The van der Waals surface area contributed by atoms with Crippen molar-refractivity contribution >= 4 is 22.7 Å². The minimum Gasteiger partial charge on any atom is -0.306 e. The van der Waals surface area contributed by atoms with Crippen LogP contribution in [0, 0.1) is 0 Å². The van der Waals surface area contributed by atoms with Crippen LogP contribution in [0.15, 0.2) is 89.9 Å². The molecule has 134 valence electrons. The summed E-state index contributed by atoms with van der Waals surface area (Å²) in [6, 6.07) is 15.7. The molecule has 0 unspecified atom stereocenters. The van der Waals surface area contributed by atoms with Gasteiger partial charge in [-0.05, 0) is 29.8 Å². The fourth-order valence-corrected chi connectivity index (χ4v) is 3.84. The number of thioether (sulfide) groups is 1. The quantitative estimate of drug-likeness (QED) is 0.290. The summed E-state index contributed by atoms with van der Waals surface area (Å²) in [5.41, 5.74) is 2.92. The third kappa shape index (κ3) is 3.57. The van der Waals surface area contributed by atoms with E-state index in [4.69, 9.17) is 4.98 Å². The van der Waals surface area contributed by atoms with Gasteiger partial charge < -0.3 is 4.57 Å². The zero-order valence-electron chi connectivity index (χ0n) is 14.7. The number of nitrogens with zero attached hydrogens (tertiary/aromatic N) is 4. The molecule has 5 nitrogen and oxygen atoms in total. The molecule has 0 aliphatic heterocycles. The molecule has 4 aromatic rings. The Labute approximate surface area is 161 Å². The van der Waals surface area contributed by atoms with Crippen molar-refractivity contribution in [3.63, 3.8) is 0 Å². The molecule has 0 saturated heterocycles. The van der Waals surface area contributed by atoms with E-state index in [1.807, 2.05) is 35.0 Å². The van der Waals surface area contributed by atoms with Crippen LogP contribution in [0.1, 0.15) is 5.56 Å². The van der Waals surface area contributed by atoms with E-state index < -0.39 is 0 Å². The van der Waals surface area contributed by atoms with Gasteiger partial charge in [-0.2, -0.15) is 0 Å². The van der Waals surface area contributed by atoms with Gasteiger partial charge in [0.25, 0.3) is 5.56 Å². The molecule has 0 N–H and O–H groups in total. The van der Waals surface area contributed by atoms with E-state index in [-0.39, 0.29) is 5.56 Å². The summed E-state index contributed by atoms with van der Waals surface area (Å²) in [5.74, 6) is 0.728. The van der Waals surface area contributed by atoms with Crippen LogP contribution in [-0.4, -0.2) is 19.1 Å². The SMILES string of the molecule is C=CCn1c(SCc2ccc(-n3ccnc3)cc2)nc2ccccc2c1=O. The first-order valence-electron chi connectivity index (χ1n) is 8.57. The predicted molar refractivity (Wildman–Crippen MR) is 109 cm³/mol. The number of hydrogen-bond donors (Lipinski definition) is 0. The Kier molecular flexibility index (Phi) is 4.89. The summed E-state index contributed by atoms with van der Waals surface area (Å²) in [5, 5.41) is 1.34. The summed E-state index contributed by atoms with van der Waals surface area (Å²) in [6.45, 7) is 4.21. The van der Waals surface area contributed by atoms with Crippen LogP contribution in [0.2, 0.25) is 0 Å². The number of aromatic nitrogens is 4. The van der Waals surface area contributed by atoms with Gasteiger partial charge in [-0.15, -0.1) is 6.58 Å². The van der Waals surface area contributed by atoms with E-state index in [9.17, 15) is 4.79 Å². The molecule has 0 bridgehead atoms. The van der Waals surface area contributed by atoms with E-state index in [0.717, 1.165) is 22.5 Å². The van der Waals surface area contributed by atoms with Crippen LogP contribution < -0.4 is 5.56 Å². The van der Waals surface area contributed by atoms with Crippen LogP contribution in [0.4, 0.5) is 0 Å². The molecule has 27 heavy (non-hydrogen) atoms. The molecule has 0 spiro atoms. The Morgan fingerprint density at radius 1 is 1.11 bits per heavy atom. The fraction of sp³-hybridized carbons (Fsp3) is 0.0952. The van der Waals surface area contributed by atoms with E-state index in [1.165, 1.54) is 0 Å². The largest absolute Gasteiger partial charge is 0.306 e. The molecule has 0 atom stereocenters. The number of hydrogen-bond acceptors (Lipinski definition) is 4. The lowest BCUT2D eigenvalue weighted by molar-refractivity contribution is 0.671. The molecule has 0 aliphatic rings. The van der Waals surface area contributed by atoms with Crippen molar-refractivity contribution in [1.82, 2.24) is 19.1 Å². The third-order valence-electron chi connectivity index (χ3n) is 4.25. The Balaban J connectivity index is 1.60. The molecule has 2 aromatic heterocycles. The Hall–Kier alpha value is -3.12. The van der Waals surface area contributed by atoms with Crippen molar-refractivity contribution in [2.75, 3.05) is 0 Å². The van der Waals surface area contributed by atoms with Crippen molar-refractivity contribution in [2.24, 2.45) is 0 Å². The molecule has 4 rings (SSSR count). The highest BCUT2D eigenvalue weighted by Gasteiger charge is 2.10. The molecule has 0 amide bonds. The van der Waals surface area contributed by atoms with Crippen molar-refractivity contribution in [3.05, 3.63) is 95.8 Å². The van der Waals surface area contributed by atoms with Crippen LogP contribution >= 0.6 is 11.8 Å². The van der Waals surface area contributed by atoms with Gasteiger partial charge in [0.1, 0.15) is 0 Å². The second-order valence-electron chi connectivity index (χ2n) is 6.04. The Morgan fingerprint density at radius 2 is 1.93 bits per heavy atom. The molecule has 0 saturated carbocycles. The highest BCUT2D eigenvalue weighted by Crippen LogP contribution is 2.23. The average Bonchev–Trinajstić information content (AvgIpc) is 3.24. The van der Waals surface area contributed by atoms with E-state index in [2.05, 4.69) is 35.8 Å². The van der Waals surface area contributed by atoms with Crippen LogP contribution in [0.3, 0.4) is 0 Å². The Morgan fingerprint density at radius 3 is 2.67 bits per heavy atom. The summed E-state index contributed by atoms with van der Waals surface area (Å²) in [6.07, 6.45) is 7.17. The van der Waals surface area contributed by atoms with Gasteiger partial charge in [-0.3, -0.25) is 9.36 Å². The Bertz CT molecular complexity index is 1130. The summed E-state index contributed by atoms with van der Waals surface area (Å²) >= 11 is 1.56. The topological polar surface area (TPSA) is 52.7 Å². The number of para-hydroxylation sites is 1. The molecule has 0 fully saturated rings. The summed E-state index contributed by atoms with van der Waals surface area (Å²) < 4.78 is 3.64. The fourth-order valence-electron chi connectivity index (χ4n) is 2.87. The van der Waals surface area contributed by atoms with Crippen LogP contribution in [0.25, 0.3) is 16.6 Å². The van der Waals surface area contributed by atoms with Crippen molar-refractivity contribution in [2.45, 2.75) is 17.5 Å². The monoisotopic (exact) mass is 374 g/mol. The number of fused-ring (bicyclic) bond motifs is 1. The predicted octanol–water partition coefficient (Wildman–Crippen LogP) is 4.06. The van der Waals surface area contributed by atoms with Gasteiger partial charge in [0.05, 0.1) is 17.2 Å². The highest BCUT2D eigenvalue weighted by molar-refractivity contribution is 7.98. The lowest BCUT2D eigenvalue weighted by Gasteiger charge is -2.11. The zero-order chi connectivity index (χ0) is 18.6. The highest BCUT2D eigenvalue weighted by atomic mass is 32.2. The number of allylic oxidation sites excluding steroid dienone is 1. The summed E-state index contributed by atoms with van der Waals surface area (Å²) in [7, 11) is 0. The van der Waals surface area contributed by atoms with Crippen LogP contribution in [0.5, 0.6) is 0 Å². The third-order valence-corrected chi connectivity index (χ3v) is 5.29. The molecular formula is C21H18N4OS. The van der Waals surface area contributed by atoms with E-state index >= 15 is 0 Å². The number of rotatable bonds is 6. The molecule has 0 radical (unpaired) electrons. The first kappa shape index (κ1) is 17.3. The van der Waals surface area contributed by atoms with Crippen molar-refractivity contribution < 1.29 is 0 Å². The molecule has 0 aliphatic carbocycles. The number of benzene rings is 2. The average molecular weight is 374 g/mol. The van der Waals surface area contributed by atoms with Gasteiger partial charge >= 0.3 is 0 Å². The lowest BCUT2D eigenvalue weighted by atomic mass is 10.2. The lowest BCUT2D eigenvalue weighted by Crippen LogP contribution is -2.22. The number of imidazole rings is 1. The van der Waals surface area contributed by atoms with Crippen molar-refractivity contribution in [3.8, 4) is 5.69 Å².